The highest BCUT2D eigenvalue weighted by Crippen LogP contribution is 1.93. The van der Waals surface area contributed by atoms with E-state index in [0.717, 1.165) is 18.1 Å². The van der Waals surface area contributed by atoms with Gasteiger partial charge >= 0.3 is 0 Å². The van der Waals surface area contributed by atoms with E-state index in [2.05, 4.69) is 18.7 Å². The smallest absolute Gasteiger partial charge is 0.0929 e. The van der Waals surface area contributed by atoms with Crippen molar-refractivity contribution in [3.63, 3.8) is 0 Å². The van der Waals surface area contributed by atoms with E-state index >= 15 is 0 Å². The molecule has 0 aromatic rings. The average molecular weight is 166 g/mol. The summed E-state index contributed by atoms with van der Waals surface area (Å²) in [5, 5.41) is 0. The zero-order chi connectivity index (χ0) is 7.28. The first-order valence-corrected chi connectivity index (χ1v) is 4.04. The summed E-state index contributed by atoms with van der Waals surface area (Å²) >= 11 is 10.5. The highest BCUT2D eigenvalue weighted by atomic mass is 35.5. The minimum absolute atomic E-state index is 0.469. The average Bonchev–Trinajstić information content (AvgIpc) is 1.90. The SMILES string of the molecule is CCN(CC)C(=S)CCl. The van der Waals surface area contributed by atoms with E-state index in [1.54, 1.807) is 0 Å². The predicted molar refractivity (Wildman–Crippen MR) is 46.2 cm³/mol. The van der Waals surface area contributed by atoms with Gasteiger partial charge in [0.2, 0.25) is 0 Å². The van der Waals surface area contributed by atoms with E-state index < -0.39 is 0 Å². The van der Waals surface area contributed by atoms with Crippen molar-refractivity contribution in [1.82, 2.24) is 4.90 Å². The van der Waals surface area contributed by atoms with Crippen LogP contribution in [-0.2, 0) is 0 Å². The Morgan fingerprint density at radius 2 is 1.89 bits per heavy atom. The third-order valence-electron chi connectivity index (χ3n) is 1.23. The molecule has 0 unspecified atom stereocenters. The summed E-state index contributed by atoms with van der Waals surface area (Å²) in [4.78, 5) is 2.92. The Hall–Kier alpha value is 0.180. The van der Waals surface area contributed by atoms with Crippen LogP contribution < -0.4 is 0 Å². The second kappa shape index (κ2) is 5.00. The fourth-order valence-corrected chi connectivity index (χ4v) is 1.09. The molecule has 54 valence electrons. The maximum atomic E-state index is 5.52. The van der Waals surface area contributed by atoms with Crippen molar-refractivity contribution in [2.45, 2.75) is 13.8 Å². The maximum absolute atomic E-state index is 5.52. The van der Waals surface area contributed by atoms with Crippen molar-refractivity contribution in [3.8, 4) is 0 Å². The van der Waals surface area contributed by atoms with Gasteiger partial charge in [-0.2, -0.15) is 0 Å². The quantitative estimate of drug-likeness (QED) is 0.464. The van der Waals surface area contributed by atoms with Crippen LogP contribution in [0, 0.1) is 0 Å². The van der Waals surface area contributed by atoms with Gasteiger partial charge < -0.3 is 4.90 Å². The summed E-state index contributed by atoms with van der Waals surface area (Å²) in [5.41, 5.74) is 0. The zero-order valence-corrected chi connectivity index (χ0v) is 7.43. The molecule has 0 bridgehead atoms. The van der Waals surface area contributed by atoms with E-state index in [4.69, 9.17) is 23.8 Å². The second-order valence-electron chi connectivity index (χ2n) is 1.70. The largest absolute Gasteiger partial charge is 0.366 e. The molecule has 0 aliphatic heterocycles. The molecule has 0 saturated carbocycles. The molecule has 0 amide bonds. The van der Waals surface area contributed by atoms with Gasteiger partial charge in [-0.05, 0) is 13.8 Å². The van der Waals surface area contributed by atoms with Crippen LogP contribution in [0.15, 0.2) is 0 Å². The van der Waals surface area contributed by atoms with E-state index in [0.29, 0.717) is 5.88 Å². The maximum Gasteiger partial charge on any atom is 0.0929 e. The Labute approximate surface area is 67.0 Å². The molecular weight excluding hydrogens is 154 g/mol. The molecule has 0 rings (SSSR count). The van der Waals surface area contributed by atoms with Gasteiger partial charge in [0.1, 0.15) is 0 Å². The lowest BCUT2D eigenvalue weighted by molar-refractivity contribution is 0.472. The molecule has 1 nitrogen and oxygen atoms in total. The van der Waals surface area contributed by atoms with Crippen molar-refractivity contribution in [3.05, 3.63) is 0 Å². The molecule has 0 aliphatic carbocycles. The number of rotatable bonds is 3. The molecular formula is C6H12ClNS. The highest BCUT2D eigenvalue weighted by Gasteiger charge is 2.00. The molecule has 0 radical (unpaired) electrons. The number of hydrogen-bond acceptors (Lipinski definition) is 1. The van der Waals surface area contributed by atoms with E-state index in [9.17, 15) is 0 Å². The minimum Gasteiger partial charge on any atom is -0.366 e. The number of nitrogens with zero attached hydrogens (tertiary/aromatic N) is 1. The standard InChI is InChI=1S/C6H12ClNS/c1-3-8(4-2)6(9)5-7/h3-5H2,1-2H3. The summed E-state index contributed by atoms with van der Waals surface area (Å²) in [6.07, 6.45) is 0. The van der Waals surface area contributed by atoms with Gasteiger partial charge in [-0.15, -0.1) is 11.6 Å². The van der Waals surface area contributed by atoms with Crippen LogP contribution >= 0.6 is 23.8 Å². The van der Waals surface area contributed by atoms with Crippen molar-refractivity contribution < 1.29 is 0 Å². The molecule has 0 aromatic heterocycles. The number of halogens is 1. The molecule has 0 saturated heterocycles. The topological polar surface area (TPSA) is 3.24 Å². The predicted octanol–water partition coefficient (Wildman–Crippen LogP) is 1.89. The summed E-state index contributed by atoms with van der Waals surface area (Å²) in [6.45, 7) is 6.06. The first-order chi connectivity index (χ1) is 4.26. The van der Waals surface area contributed by atoms with Crippen LogP contribution in [0.4, 0.5) is 0 Å². The van der Waals surface area contributed by atoms with Gasteiger partial charge in [0, 0.05) is 13.1 Å². The zero-order valence-electron chi connectivity index (χ0n) is 5.85. The third-order valence-corrected chi connectivity index (χ3v) is 2.04. The van der Waals surface area contributed by atoms with E-state index in [1.165, 1.54) is 0 Å². The molecule has 0 spiro atoms. The highest BCUT2D eigenvalue weighted by molar-refractivity contribution is 7.80. The van der Waals surface area contributed by atoms with Gasteiger partial charge in [0.25, 0.3) is 0 Å². The molecule has 0 N–H and O–H groups in total. The van der Waals surface area contributed by atoms with Crippen LogP contribution in [0.25, 0.3) is 0 Å². The summed E-state index contributed by atoms with van der Waals surface area (Å²) in [5.74, 6) is 0.469. The van der Waals surface area contributed by atoms with Crippen LogP contribution in [-0.4, -0.2) is 28.9 Å². The Morgan fingerprint density at radius 1 is 1.44 bits per heavy atom. The van der Waals surface area contributed by atoms with Crippen molar-refractivity contribution >= 4 is 28.8 Å². The number of alkyl halides is 1. The third kappa shape index (κ3) is 3.01. The molecule has 3 heteroatoms. The van der Waals surface area contributed by atoms with Gasteiger partial charge in [0.05, 0.1) is 10.9 Å². The van der Waals surface area contributed by atoms with Crippen LogP contribution in [0.2, 0.25) is 0 Å². The molecule has 0 heterocycles. The molecule has 0 atom stereocenters. The lowest BCUT2D eigenvalue weighted by Crippen LogP contribution is -2.29. The molecule has 0 aromatic carbocycles. The van der Waals surface area contributed by atoms with Gasteiger partial charge in [-0.1, -0.05) is 12.2 Å². The second-order valence-corrected chi connectivity index (χ2v) is 2.44. The lowest BCUT2D eigenvalue weighted by Gasteiger charge is -2.19. The van der Waals surface area contributed by atoms with Gasteiger partial charge in [0.15, 0.2) is 0 Å². The van der Waals surface area contributed by atoms with Gasteiger partial charge in [-0.25, -0.2) is 0 Å². The Morgan fingerprint density at radius 3 is 2.00 bits per heavy atom. The fraction of sp³-hybridized carbons (Fsp3) is 0.833. The van der Waals surface area contributed by atoms with Crippen LogP contribution in [0.1, 0.15) is 13.8 Å². The number of thiocarbonyl (C=S) groups is 1. The summed E-state index contributed by atoms with van der Waals surface area (Å²) < 4.78 is 0. The summed E-state index contributed by atoms with van der Waals surface area (Å²) in [6, 6.07) is 0. The van der Waals surface area contributed by atoms with E-state index in [1.807, 2.05) is 0 Å². The first kappa shape index (κ1) is 9.18. The monoisotopic (exact) mass is 165 g/mol. The fourth-order valence-electron chi connectivity index (χ4n) is 0.661. The Kier molecular flexibility index (Phi) is 5.10. The van der Waals surface area contributed by atoms with Crippen molar-refractivity contribution in [2.75, 3.05) is 19.0 Å². The van der Waals surface area contributed by atoms with Crippen LogP contribution in [0.3, 0.4) is 0 Å². The molecule has 0 fully saturated rings. The minimum atomic E-state index is 0.469. The Balaban J connectivity index is 3.64. The molecule has 9 heavy (non-hydrogen) atoms. The summed E-state index contributed by atoms with van der Waals surface area (Å²) in [7, 11) is 0. The van der Waals surface area contributed by atoms with Crippen molar-refractivity contribution in [2.24, 2.45) is 0 Å². The Bertz CT molecular complexity index is 91.1. The van der Waals surface area contributed by atoms with Crippen LogP contribution in [0.5, 0.6) is 0 Å². The van der Waals surface area contributed by atoms with E-state index in [-0.39, 0.29) is 0 Å². The molecule has 0 aliphatic rings. The lowest BCUT2D eigenvalue weighted by atomic mass is 10.5. The van der Waals surface area contributed by atoms with Crippen molar-refractivity contribution in [1.29, 1.82) is 0 Å². The number of hydrogen-bond donors (Lipinski definition) is 0. The van der Waals surface area contributed by atoms with Gasteiger partial charge in [-0.3, -0.25) is 0 Å². The normalized spacial score (nSPS) is 9.22. The first-order valence-electron chi connectivity index (χ1n) is 3.10.